The summed E-state index contributed by atoms with van der Waals surface area (Å²) < 4.78 is 6.88. The molecule has 1 aromatic heterocycles. The van der Waals surface area contributed by atoms with E-state index in [0.717, 1.165) is 15.6 Å². The van der Waals surface area contributed by atoms with Crippen LogP contribution >= 0.6 is 43.5 Å². The first-order chi connectivity index (χ1) is 7.18. The Balaban J connectivity index is 2.32. The molecular weight excluding hydrogens is 343 g/mol. The van der Waals surface area contributed by atoms with E-state index in [-0.39, 0.29) is 5.38 Å². The van der Waals surface area contributed by atoms with Crippen LogP contribution in [0.15, 0.2) is 50.2 Å². The predicted molar refractivity (Wildman–Crippen MR) is 68.2 cm³/mol. The van der Waals surface area contributed by atoms with E-state index in [4.69, 9.17) is 16.0 Å². The molecule has 0 saturated heterocycles. The molecule has 0 N–H and O–H groups in total. The third kappa shape index (κ3) is 2.47. The van der Waals surface area contributed by atoms with Gasteiger partial charge in [-0.25, -0.2) is 0 Å². The Kier molecular flexibility index (Phi) is 3.54. The first-order valence-electron chi connectivity index (χ1n) is 4.31. The molecule has 0 aliphatic rings. The van der Waals surface area contributed by atoms with Crippen molar-refractivity contribution in [1.29, 1.82) is 0 Å². The van der Waals surface area contributed by atoms with Crippen LogP contribution in [0.2, 0.25) is 0 Å². The minimum absolute atomic E-state index is 0.189. The lowest BCUT2D eigenvalue weighted by atomic mass is 10.1. The molecular formula is C11H7Br2ClO. The smallest absolute Gasteiger partial charge is 0.173 e. The maximum atomic E-state index is 6.33. The number of benzene rings is 1. The van der Waals surface area contributed by atoms with E-state index < -0.39 is 0 Å². The number of halogens is 3. The standard InChI is InChI=1S/C11H7Br2ClO/c12-8-3-1-7(2-4-8)10(14)9-5-6-15-11(9)13/h1-6,10H. The summed E-state index contributed by atoms with van der Waals surface area (Å²) in [6, 6.07) is 9.78. The topological polar surface area (TPSA) is 13.1 Å². The second kappa shape index (κ2) is 4.73. The summed E-state index contributed by atoms with van der Waals surface area (Å²) in [5.41, 5.74) is 1.99. The molecule has 0 bridgehead atoms. The highest BCUT2D eigenvalue weighted by Crippen LogP contribution is 2.34. The Bertz CT molecular complexity index is 450. The molecule has 0 aliphatic carbocycles. The van der Waals surface area contributed by atoms with Gasteiger partial charge in [0.1, 0.15) is 0 Å². The summed E-state index contributed by atoms with van der Waals surface area (Å²) in [5.74, 6) is 0. The van der Waals surface area contributed by atoms with Crippen molar-refractivity contribution in [3.05, 3.63) is 56.9 Å². The van der Waals surface area contributed by atoms with E-state index in [9.17, 15) is 0 Å². The van der Waals surface area contributed by atoms with Gasteiger partial charge in [-0.05, 0) is 39.7 Å². The molecule has 4 heteroatoms. The molecule has 1 heterocycles. The molecule has 0 saturated carbocycles. The Labute approximate surface area is 110 Å². The molecule has 15 heavy (non-hydrogen) atoms. The molecule has 2 rings (SSSR count). The second-order valence-corrected chi connectivity index (χ2v) is 5.14. The summed E-state index contributed by atoms with van der Waals surface area (Å²) in [7, 11) is 0. The van der Waals surface area contributed by atoms with Crippen LogP contribution in [-0.2, 0) is 0 Å². The Hall–Kier alpha value is -0.250. The molecule has 2 aromatic rings. The van der Waals surface area contributed by atoms with Gasteiger partial charge in [-0.3, -0.25) is 0 Å². The summed E-state index contributed by atoms with van der Waals surface area (Å²) in [4.78, 5) is 0. The summed E-state index contributed by atoms with van der Waals surface area (Å²) in [6.45, 7) is 0. The zero-order chi connectivity index (χ0) is 10.8. The molecule has 1 atom stereocenters. The number of hydrogen-bond donors (Lipinski definition) is 0. The average molecular weight is 350 g/mol. The van der Waals surface area contributed by atoms with Gasteiger partial charge in [0.15, 0.2) is 4.67 Å². The fraction of sp³-hybridized carbons (Fsp3) is 0.0909. The van der Waals surface area contributed by atoms with Gasteiger partial charge in [-0.1, -0.05) is 28.1 Å². The number of alkyl halides is 1. The molecule has 1 unspecified atom stereocenters. The summed E-state index contributed by atoms with van der Waals surface area (Å²) in [5, 5.41) is -0.189. The SMILES string of the molecule is ClC(c1ccc(Br)cc1)c1ccoc1Br. The van der Waals surface area contributed by atoms with E-state index in [1.165, 1.54) is 0 Å². The van der Waals surface area contributed by atoms with Crippen LogP contribution in [0.25, 0.3) is 0 Å². The monoisotopic (exact) mass is 348 g/mol. The van der Waals surface area contributed by atoms with Crippen molar-refractivity contribution >= 4 is 43.5 Å². The fourth-order valence-electron chi connectivity index (χ4n) is 1.30. The largest absolute Gasteiger partial charge is 0.457 e. The van der Waals surface area contributed by atoms with E-state index >= 15 is 0 Å². The Morgan fingerprint density at radius 1 is 1.07 bits per heavy atom. The van der Waals surface area contributed by atoms with Gasteiger partial charge in [0.05, 0.1) is 11.6 Å². The predicted octanol–water partition coefficient (Wildman–Crippen LogP) is 5.13. The summed E-state index contributed by atoms with van der Waals surface area (Å²) in [6.07, 6.45) is 1.62. The van der Waals surface area contributed by atoms with Crippen LogP contribution in [0.5, 0.6) is 0 Å². The van der Waals surface area contributed by atoms with Crippen molar-refractivity contribution in [2.24, 2.45) is 0 Å². The van der Waals surface area contributed by atoms with E-state index in [0.29, 0.717) is 4.67 Å². The van der Waals surface area contributed by atoms with Crippen LogP contribution in [-0.4, -0.2) is 0 Å². The van der Waals surface area contributed by atoms with Gasteiger partial charge in [0.25, 0.3) is 0 Å². The molecule has 78 valence electrons. The van der Waals surface area contributed by atoms with Gasteiger partial charge in [-0.2, -0.15) is 0 Å². The zero-order valence-corrected chi connectivity index (χ0v) is 11.5. The quantitative estimate of drug-likeness (QED) is 0.684. The van der Waals surface area contributed by atoms with Crippen molar-refractivity contribution in [1.82, 2.24) is 0 Å². The van der Waals surface area contributed by atoms with Crippen LogP contribution in [0.4, 0.5) is 0 Å². The molecule has 0 fully saturated rings. The normalized spacial score (nSPS) is 12.7. The Morgan fingerprint density at radius 3 is 2.27 bits per heavy atom. The van der Waals surface area contributed by atoms with Crippen molar-refractivity contribution < 1.29 is 4.42 Å². The molecule has 0 spiro atoms. The molecule has 1 nitrogen and oxygen atoms in total. The minimum atomic E-state index is -0.189. The highest BCUT2D eigenvalue weighted by molar-refractivity contribution is 9.10. The number of rotatable bonds is 2. The van der Waals surface area contributed by atoms with Gasteiger partial charge in [0, 0.05) is 10.0 Å². The van der Waals surface area contributed by atoms with Crippen LogP contribution < -0.4 is 0 Å². The van der Waals surface area contributed by atoms with E-state index in [2.05, 4.69) is 31.9 Å². The van der Waals surface area contributed by atoms with Crippen molar-refractivity contribution in [2.45, 2.75) is 5.38 Å². The lowest BCUT2D eigenvalue weighted by Gasteiger charge is -2.08. The fourth-order valence-corrected chi connectivity index (χ4v) is 2.48. The Morgan fingerprint density at radius 2 is 1.73 bits per heavy atom. The third-order valence-electron chi connectivity index (χ3n) is 2.08. The molecule has 0 radical (unpaired) electrons. The second-order valence-electron chi connectivity index (χ2n) is 3.06. The highest BCUT2D eigenvalue weighted by atomic mass is 79.9. The molecule has 0 amide bonds. The van der Waals surface area contributed by atoms with Gasteiger partial charge < -0.3 is 4.42 Å². The first kappa shape index (κ1) is 11.2. The molecule has 0 aliphatic heterocycles. The van der Waals surface area contributed by atoms with Crippen molar-refractivity contribution in [3.63, 3.8) is 0 Å². The zero-order valence-electron chi connectivity index (χ0n) is 7.58. The maximum absolute atomic E-state index is 6.33. The summed E-state index contributed by atoms with van der Waals surface area (Å²) >= 11 is 13.0. The van der Waals surface area contributed by atoms with Crippen LogP contribution in [0.3, 0.4) is 0 Å². The van der Waals surface area contributed by atoms with E-state index in [1.54, 1.807) is 6.26 Å². The lowest BCUT2D eigenvalue weighted by molar-refractivity contribution is 0.537. The van der Waals surface area contributed by atoms with Gasteiger partial charge in [-0.15, -0.1) is 11.6 Å². The number of furan rings is 1. The van der Waals surface area contributed by atoms with Gasteiger partial charge >= 0.3 is 0 Å². The van der Waals surface area contributed by atoms with Gasteiger partial charge in [0.2, 0.25) is 0 Å². The highest BCUT2D eigenvalue weighted by Gasteiger charge is 2.15. The lowest BCUT2D eigenvalue weighted by Crippen LogP contribution is -1.91. The van der Waals surface area contributed by atoms with Crippen LogP contribution in [0, 0.1) is 0 Å². The first-order valence-corrected chi connectivity index (χ1v) is 6.33. The molecule has 1 aromatic carbocycles. The third-order valence-corrected chi connectivity index (χ3v) is 3.74. The maximum Gasteiger partial charge on any atom is 0.173 e. The van der Waals surface area contributed by atoms with E-state index in [1.807, 2.05) is 30.3 Å². The van der Waals surface area contributed by atoms with Crippen LogP contribution in [0.1, 0.15) is 16.5 Å². The average Bonchev–Trinajstić information content (AvgIpc) is 2.65. The number of hydrogen-bond acceptors (Lipinski definition) is 1. The van der Waals surface area contributed by atoms with Crippen molar-refractivity contribution in [2.75, 3.05) is 0 Å². The minimum Gasteiger partial charge on any atom is -0.457 e. The van der Waals surface area contributed by atoms with Crippen molar-refractivity contribution in [3.8, 4) is 0 Å².